The van der Waals surface area contributed by atoms with Crippen LogP contribution in [0.15, 0.2) is 54.6 Å². The molecule has 1 aliphatic heterocycles. The highest BCUT2D eigenvalue weighted by Crippen LogP contribution is 2.19. The van der Waals surface area contributed by atoms with E-state index >= 15 is 0 Å². The molecule has 0 bridgehead atoms. The second-order valence-corrected chi connectivity index (χ2v) is 7.32. The topological polar surface area (TPSA) is 30.9 Å². The van der Waals surface area contributed by atoms with Gasteiger partial charge in [0.05, 0.1) is 19.8 Å². The Balaban J connectivity index is 1.20. The second-order valence-electron chi connectivity index (χ2n) is 7.32. The first-order valence-corrected chi connectivity index (χ1v) is 10.6. The van der Waals surface area contributed by atoms with Crippen LogP contribution in [0.3, 0.4) is 0 Å². The van der Waals surface area contributed by atoms with E-state index in [2.05, 4.69) is 17.0 Å². The number of nitrogens with zero attached hydrogens (tertiary/aromatic N) is 1. The van der Waals surface area contributed by atoms with E-state index in [-0.39, 0.29) is 0 Å². The maximum absolute atomic E-state index is 5.85. The largest absolute Gasteiger partial charge is 0.494 e. The molecule has 4 heteroatoms. The molecule has 0 aromatic heterocycles. The SMILES string of the molecule is c1ccc(COc2ccc(OCCCCCCCN3CCOCC3)cc2)cc1. The maximum Gasteiger partial charge on any atom is 0.120 e. The maximum atomic E-state index is 5.85. The van der Waals surface area contributed by atoms with Crippen LogP contribution in [0.5, 0.6) is 11.5 Å². The van der Waals surface area contributed by atoms with Crippen LogP contribution >= 0.6 is 0 Å². The number of ether oxygens (including phenoxy) is 3. The molecule has 28 heavy (non-hydrogen) atoms. The molecule has 0 aliphatic carbocycles. The van der Waals surface area contributed by atoms with Gasteiger partial charge in [0.1, 0.15) is 18.1 Å². The highest BCUT2D eigenvalue weighted by atomic mass is 16.5. The standard InChI is InChI=1S/C24H33NO3/c1(2-7-15-25-16-19-26-20-17-25)3-8-18-27-23-11-13-24(14-12-23)28-21-22-9-5-4-6-10-22/h4-6,9-14H,1-3,7-8,15-21H2. The lowest BCUT2D eigenvalue weighted by Gasteiger charge is -2.26. The zero-order valence-electron chi connectivity index (χ0n) is 16.9. The Labute approximate surface area is 169 Å². The first kappa shape index (κ1) is 20.7. The molecule has 2 aromatic carbocycles. The van der Waals surface area contributed by atoms with Gasteiger partial charge in [-0.2, -0.15) is 0 Å². The molecule has 0 amide bonds. The van der Waals surface area contributed by atoms with Crippen molar-refractivity contribution in [2.24, 2.45) is 0 Å². The highest BCUT2D eigenvalue weighted by molar-refractivity contribution is 5.31. The van der Waals surface area contributed by atoms with E-state index in [4.69, 9.17) is 14.2 Å². The summed E-state index contributed by atoms with van der Waals surface area (Å²) in [6.45, 7) is 6.60. The first-order valence-electron chi connectivity index (χ1n) is 10.6. The van der Waals surface area contributed by atoms with E-state index in [1.54, 1.807) is 0 Å². The summed E-state index contributed by atoms with van der Waals surface area (Å²) in [4.78, 5) is 2.51. The van der Waals surface area contributed by atoms with Gasteiger partial charge in [-0.25, -0.2) is 0 Å². The summed E-state index contributed by atoms with van der Waals surface area (Å²) in [6.07, 6.45) is 6.25. The minimum atomic E-state index is 0.590. The summed E-state index contributed by atoms with van der Waals surface area (Å²) in [7, 11) is 0. The minimum Gasteiger partial charge on any atom is -0.494 e. The second kappa shape index (κ2) is 12.4. The number of benzene rings is 2. The lowest BCUT2D eigenvalue weighted by atomic mass is 10.1. The van der Waals surface area contributed by atoms with Gasteiger partial charge in [-0.05, 0) is 49.2 Å². The lowest BCUT2D eigenvalue weighted by molar-refractivity contribution is 0.0371. The molecule has 0 N–H and O–H groups in total. The number of unbranched alkanes of at least 4 members (excludes halogenated alkanes) is 4. The van der Waals surface area contributed by atoms with Crippen LogP contribution < -0.4 is 9.47 Å². The molecular formula is C24H33NO3. The molecule has 2 aromatic rings. The van der Waals surface area contributed by atoms with Crippen LogP contribution in [0.25, 0.3) is 0 Å². The average molecular weight is 384 g/mol. The van der Waals surface area contributed by atoms with Crippen molar-refractivity contribution in [3.63, 3.8) is 0 Å². The van der Waals surface area contributed by atoms with Crippen molar-refractivity contribution in [2.75, 3.05) is 39.5 Å². The van der Waals surface area contributed by atoms with Crippen LogP contribution in [0.1, 0.15) is 37.7 Å². The van der Waals surface area contributed by atoms with Gasteiger partial charge in [0.2, 0.25) is 0 Å². The van der Waals surface area contributed by atoms with Crippen molar-refractivity contribution >= 4 is 0 Å². The molecule has 0 saturated carbocycles. The zero-order chi connectivity index (χ0) is 19.3. The summed E-state index contributed by atoms with van der Waals surface area (Å²) >= 11 is 0. The van der Waals surface area contributed by atoms with Crippen molar-refractivity contribution in [3.8, 4) is 11.5 Å². The lowest BCUT2D eigenvalue weighted by Crippen LogP contribution is -2.36. The predicted molar refractivity (Wildman–Crippen MR) is 113 cm³/mol. The Morgan fingerprint density at radius 1 is 0.714 bits per heavy atom. The molecule has 4 nitrogen and oxygen atoms in total. The average Bonchev–Trinajstić information content (AvgIpc) is 2.76. The number of rotatable bonds is 12. The van der Waals surface area contributed by atoms with Gasteiger partial charge < -0.3 is 14.2 Å². The Bertz CT molecular complexity index is 639. The van der Waals surface area contributed by atoms with Crippen LogP contribution in [-0.4, -0.2) is 44.4 Å². The Morgan fingerprint density at radius 3 is 2.11 bits per heavy atom. The Kier molecular flexibility index (Phi) is 9.18. The van der Waals surface area contributed by atoms with Crippen LogP contribution in [0, 0.1) is 0 Å². The highest BCUT2D eigenvalue weighted by Gasteiger charge is 2.08. The Morgan fingerprint density at radius 2 is 1.36 bits per heavy atom. The van der Waals surface area contributed by atoms with Gasteiger partial charge in [-0.1, -0.05) is 49.6 Å². The van der Waals surface area contributed by atoms with Crippen molar-refractivity contribution in [3.05, 3.63) is 60.2 Å². The van der Waals surface area contributed by atoms with Gasteiger partial charge in [0.25, 0.3) is 0 Å². The zero-order valence-corrected chi connectivity index (χ0v) is 16.9. The summed E-state index contributed by atoms with van der Waals surface area (Å²) in [5, 5.41) is 0. The first-order chi connectivity index (χ1) is 13.9. The van der Waals surface area contributed by atoms with Gasteiger partial charge in [-0.3, -0.25) is 4.90 Å². The van der Waals surface area contributed by atoms with Gasteiger partial charge >= 0.3 is 0 Å². The van der Waals surface area contributed by atoms with E-state index in [0.717, 1.165) is 50.8 Å². The number of hydrogen-bond acceptors (Lipinski definition) is 4. The molecule has 0 unspecified atom stereocenters. The normalized spacial score (nSPS) is 14.7. The van der Waals surface area contributed by atoms with Crippen LogP contribution in [-0.2, 0) is 11.3 Å². The fraction of sp³-hybridized carbons (Fsp3) is 0.500. The third-order valence-corrected chi connectivity index (χ3v) is 5.06. The van der Waals surface area contributed by atoms with Crippen LogP contribution in [0.2, 0.25) is 0 Å². The summed E-state index contributed by atoms with van der Waals surface area (Å²) < 4.78 is 17.0. The third-order valence-electron chi connectivity index (χ3n) is 5.06. The van der Waals surface area contributed by atoms with Crippen LogP contribution in [0.4, 0.5) is 0 Å². The predicted octanol–water partition coefficient (Wildman–Crippen LogP) is 4.93. The quantitative estimate of drug-likeness (QED) is 0.487. The molecule has 0 spiro atoms. The van der Waals surface area contributed by atoms with E-state index in [1.165, 1.54) is 37.8 Å². The fourth-order valence-corrected chi connectivity index (χ4v) is 3.36. The van der Waals surface area contributed by atoms with E-state index < -0.39 is 0 Å². The van der Waals surface area contributed by atoms with E-state index in [9.17, 15) is 0 Å². The smallest absolute Gasteiger partial charge is 0.120 e. The fourth-order valence-electron chi connectivity index (χ4n) is 3.36. The van der Waals surface area contributed by atoms with E-state index in [0.29, 0.717) is 6.61 Å². The van der Waals surface area contributed by atoms with Gasteiger partial charge in [0.15, 0.2) is 0 Å². The van der Waals surface area contributed by atoms with Crippen molar-refractivity contribution in [1.29, 1.82) is 0 Å². The summed E-state index contributed by atoms with van der Waals surface area (Å²) in [5.74, 6) is 1.79. The third kappa shape index (κ3) is 7.91. The van der Waals surface area contributed by atoms with Crippen molar-refractivity contribution in [1.82, 2.24) is 4.90 Å². The Hall–Kier alpha value is -2.04. The molecule has 1 heterocycles. The molecule has 0 radical (unpaired) electrons. The number of hydrogen-bond donors (Lipinski definition) is 0. The van der Waals surface area contributed by atoms with Crippen molar-refractivity contribution < 1.29 is 14.2 Å². The van der Waals surface area contributed by atoms with E-state index in [1.807, 2.05) is 42.5 Å². The van der Waals surface area contributed by atoms with Gasteiger partial charge in [-0.15, -0.1) is 0 Å². The summed E-state index contributed by atoms with van der Waals surface area (Å²) in [6, 6.07) is 18.1. The molecule has 3 rings (SSSR count). The minimum absolute atomic E-state index is 0.590. The number of morpholine rings is 1. The van der Waals surface area contributed by atoms with Crippen molar-refractivity contribution in [2.45, 2.75) is 38.7 Å². The van der Waals surface area contributed by atoms with Gasteiger partial charge in [0, 0.05) is 13.1 Å². The summed E-state index contributed by atoms with van der Waals surface area (Å²) in [5.41, 5.74) is 1.17. The molecule has 1 saturated heterocycles. The monoisotopic (exact) mass is 383 g/mol. The molecule has 1 aliphatic rings. The molecular weight excluding hydrogens is 350 g/mol. The molecule has 1 fully saturated rings. The molecule has 152 valence electrons. The molecule has 0 atom stereocenters.